The molecule has 1 aliphatic heterocycles. The fourth-order valence-corrected chi connectivity index (χ4v) is 2.02. The van der Waals surface area contributed by atoms with Crippen molar-refractivity contribution < 1.29 is 13.9 Å². The van der Waals surface area contributed by atoms with Gasteiger partial charge in [-0.15, -0.1) is 0 Å². The standard InChI is InChI=1S/C13H17FN2O2/c1-18-12-6-5-10(9-11(12)14)13(17)15-16-7-3-2-4-8-16/h5-6,9H,2-4,7-8H2,1H3,(H,15,17). The number of methoxy groups -OCH3 is 1. The predicted octanol–water partition coefficient (Wildman–Crippen LogP) is 1.97. The lowest BCUT2D eigenvalue weighted by Gasteiger charge is -2.26. The zero-order valence-electron chi connectivity index (χ0n) is 10.4. The maximum atomic E-state index is 13.5. The predicted molar refractivity (Wildman–Crippen MR) is 65.8 cm³/mol. The van der Waals surface area contributed by atoms with Gasteiger partial charge in [-0.05, 0) is 31.0 Å². The van der Waals surface area contributed by atoms with E-state index in [0.717, 1.165) is 25.9 Å². The number of ether oxygens (including phenoxy) is 1. The van der Waals surface area contributed by atoms with Crippen molar-refractivity contribution >= 4 is 5.91 Å². The molecule has 2 rings (SSSR count). The van der Waals surface area contributed by atoms with Crippen molar-refractivity contribution in [2.75, 3.05) is 20.2 Å². The molecule has 1 N–H and O–H groups in total. The normalized spacial score (nSPS) is 16.3. The SMILES string of the molecule is COc1ccc(C(=O)NN2CCCCC2)cc1F. The van der Waals surface area contributed by atoms with Gasteiger partial charge < -0.3 is 4.74 Å². The van der Waals surface area contributed by atoms with Crippen LogP contribution >= 0.6 is 0 Å². The van der Waals surface area contributed by atoms with Crippen LogP contribution in [-0.4, -0.2) is 31.1 Å². The highest BCUT2D eigenvalue weighted by Crippen LogP contribution is 2.17. The zero-order chi connectivity index (χ0) is 13.0. The van der Waals surface area contributed by atoms with Crippen LogP contribution < -0.4 is 10.2 Å². The van der Waals surface area contributed by atoms with Crippen molar-refractivity contribution in [1.29, 1.82) is 0 Å². The topological polar surface area (TPSA) is 41.6 Å². The van der Waals surface area contributed by atoms with Gasteiger partial charge in [0, 0.05) is 18.7 Å². The Balaban J connectivity index is 2.01. The minimum absolute atomic E-state index is 0.143. The molecule has 1 amide bonds. The summed E-state index contributed by atoms with van der Waals surface area (Å²) in [6.45, 7) is 1.70. The Morgan fingerprint density at radius 1 is 1.33 bits per heavy atom. The van der Waals surface area contributed by atoms with E-state index in [1.54, 1.807) is 6.07 Å². The summed E-state index contributed by atoms with van der Waals surface area (Å²) in [5, 5.41) is 1.88. The maximum Gasteiger partial charge on any atom is 0.265 e. The Kier molecular flexibility index (Phi) is 4.15. The summed E-state index contributed by atoms with van der Waals surface area (Å²) in [6, 6.07) is 4.21. The lowest BCUT2D eigenvalue weighted by Crippen LogP contribution is -2.45. The second-order valence-electron chi connectivity index (χ2n) is 4.34. The molecule has 1 fully saturated rings. The number of nitrogens with one attached hydrogen (secondary N) is 1. The summed E-state index contributed by atoms with van der Waals surface area (Å²) in [4.78, 5) is 11.9. The first-order valence-electron chi connectivity index (χ1n) is 6.10. The molecular weight excluding hydrogens is 235 g/mol. The molecule has 0 unspecified atom stereocenters. The van der Waals surface area contributed by atoms with E-state index in [2.05, 4.69) is 5.43 Å². The Bertz CT molecular complexity index is 431. The van der Waals surface area contributed by atoms with Crippen molar-refractivity contribution in [1.82, 2.24) is 10.4 Å². The molecule has 0 aromatic heterocycles. The van der Waals surface area contributed by atoms with Gasteiger partial charge in [-0.3, -0.25) is 10.2 Å². The smallest absolute Gasteiger partial charge is 0.265 e. The molecule has 0 atom stereocenters. The number of hydrazine groups is 1. The minimum atomic E-state index is -0.524. The Morgan fingerprint density at radius 3 is 2.67 bits per heavy atom. The maximum absolute atomic E-state index is 13.5. The summed E-state index contributed by atoms with van der Waals surface area (Å²) in [5.41, 5.74) is 3.09. The van der Waals surface area contributed by atoms with Gasteiger partial charge in [0.1, 0.15) is 0 Å². The third kappa shape index (κ3) is 2.98. The molecule has 5 heteroatoms. The molecule has 4 nitrogen and oxygen atoms in total. The fourth-order valence-electron chi connectivity index (χ4n) is 2.02. The highest BCUT2D eigenvalue weighted by atomic mass is 19.1. The first kappa shape index (κ1) is 12.8. The molecule has 0 aliphatic carbocycles. The highest BCUT2D eigenvalue weighted by molar-refractivity contribution is 5.94. The Morgan fingerprint density at radius 2 is 2.06 bits per heavy atom. The van der Waals surface area contributed by atoms with Crippen molar-refractivity contribution in [2.24, 2.45) is 0 Å². The van der Waals surface area contributed by atoms with E-state index >= 15 is 0 Å². The van der Waals surface area contributed by atoms with E-state index in [1.807, 2.05) is 5.01 Å². The monoisotopic (exact) mass is 252 g/mol. The zero-order valence-corrected chi connectivity index (χ0v) is 10.4. The number of halogens is 1. The average molecular weight is 252 g/mol. The van der Waals surface area contributed by atoms with Crippen LogP contribution in [0.2, 0.25) is 0 Å². The summed E-state index contributed by atoms with van der Waals surface area (Å²) < 4.78 is 18.3. The Labute approximate surface area is 106 Å². The van der Waals surface area contributed by atoms with E-state index in [4.69, 9.17) is 4.74 Å². The quantitative estimate of drug-likeness (QED) is 0.894. The molecule has 0 saturated carbocycles. The first-order chi connectivity index (χ1) is 8.70. The van der Waals surface area contributed by atoms with E-state index in [1.165, 1.54) is 25.7 Å². The molecule has 0 radical (unpaired) electrons. The van der Waals surface area contributed by atoms with Gasteiger partial charge in [-0.25, -0.2) is 9.40 Å². The molecule has 0 spiro atoms. The number of carbonyl (C=O) groups excluding carboxylic acids is 1. The van der Waals surface area contributed by atoms with Crippen LogP contribution in [0.25, 0.3) is 0 Å². The molecule has 1 aromatic carbocycles. The number of carbonyl (C=O) groups is 1. The van der Waals surface area contributed by atoms with Crippen LogP contribution in [0.5, 0.6) is 5.75 Å². The lowest BCUT2D eigenvalue weighted by molar-refractivity contribution is 0.0749. The second-order valence-corrected chi connectivity index (χ2v) is 4.34. The van der Waals surface area contributed by atoms with Crippen molar-refractivity contribution in [2.45, 2.75) is 19.3 Å². The van der Waals surface area contributed by atoms with Gasteiger partial charge in [-0.2, -0.15) is 0 Å². The molecule has 1 saturated heterocycles. The van der Waals surface area contributed by atoms with E-state index < -0.39 is 5.82 Å². The van der Waals surface area contributed by atoms with Crippen molar-refractivity contribution in [3.8, 4) is 5.75 Å². The van der Waals surface area contributed by atoms with Gasteiger partial charge in [0.05, 0.1) is 7.11 Å². The second kappa shape index (κ2) is 5.82. The third-order valence-corrected chi connectivity index (χ3v) is 3.03. The number of benzene rings is 1. The van der Waals surface area contributed by atoms with Gasteiger partial charge in [0.25, 0.3) is 5.91 Å². The summed E-state index contributed by atoms with van der Waals surface area (Å²) in [6.07, 6.45) is 3.36. The van der Waals surface area contributed by atoms with Gasteiger partial charge in [0.15, 0.2) is 11.6 Å². The van der Waals surface area contributed by atoms with Crippen LogP contribution in [-0.2, 0) is 0 Å². The van der Waals surface area contributed by atoms with Crippen LogP contribution in [0.4, 0.5) is 4.39 Å². The van der Waals surface area contributed by atoms with E-state index in [0.29, 0.717) is 5.56 Å². The minimum Gasteiger partial charge on any atom is -0.494 e. The molecule has 1 aliphatic rings. The number of hydrogen-bond donors (Lipinski definition) is 1. The molecule has 98 valence electrons. The van der Waals surface area contributed by atoms with Crippen molar-refractivity contribution in [3.63, 3.8) is 0 Å². The lowest BCUT2D eigenvalue weighted by atomic mass is 10.1. The van der Waals surface area contributed by atoms with Crippen LogP contribution in [0.15, 0.2) is 18.2 Å². The molecule has 18 heavy (non-hydrogen) atoms. The first-order valence-corrected chi connectivity index (χ1v) is 6.10. The summed E-state index contributed by atoms with van der Waals surface area (Å²) in [5.74, 6) is -0.660. The van der Waals surface area contributed by atoms with Crippen LogP contribution in [0.3, 0.4) is 0 Å². The van der Waals surface area contributed by atoms with Gasteiger partial charge >= 0.3 is 0 Å². The number of rotatable bonds is 3. The van der Waals surface area contributed by atoms with Crippen LogP contribution in [0.1, 0.15) is 29.6 Å². The van der Waals surface area contributed by atoms with E-state index in [9.17, 15) is 9.18 Å². The summed E-state index contributed by atoms with van der Waals surface area (Å²) >= 11 is 0. The number of nitrogens with zero attached hydrogens (tertiary/aromatic N) is 1. The number of hydrogen-bond acceptors (Lipinski definition) is 3. The average Bonchev–Trinajstić information content (AvgIpc) is 2.39. The van der Waals surface area contributed by atoms with E-state index in [-0.39, 0.29) is 11.7 Å². The van der Waals surface area contributed by atoms with Crippen molar-refractivity contribution in [3.05, 3.63) is 29.6 Å². The fraction of sp³-hybridized carbons (Fsp3) is 0.462. The van der Waals surface area contributed by atoms with Crippen LogP contribution in [0, 0.1) is 5.82 Å². The molecular formula is C13H17FN2O2. The highest BCUT2D eigenvalue weighted by Gasteiger charge is 2.15. The van der Waals surface area contributed by atoms with Gasteiger partial charge in [0.2, 0.25) is 0 Å². The molecule has 0 bridgehead atoms. The number of amides is 1. The Hall–Kier alpha value is -1.62. The number of piperidine rings is 1. The molecule has 1 aromatic rings. The molecule has 1 heterocycles. The van der Waals surface area contributed by atoms with Gasteiger partial charge in [-0.1, -0.05) is 6.42 Å². The third-order valence-electron chi connectivity index (χ3n) is 3.03. The largest absolute Gasteiger partial charge is 0.494 e. The summed E-state index contributed by atoms with van der Waals surface area (Å²) in [7, 11) is 1.39.